The number of nitrogens with zero attached hydrogens (tertiary/aromatic N) is 1. The Morgan fingerprint density at radius 3 is 2.48 bits per heavy atom. The van der Waals surface area contributed by atoms with Crippen LogP contribution in [0.1, 0.15) is 40.4 Å². The summed E-state index contributed by atoms with van der Waals surface area (Å²) in [6, 6.07) is 18.8. The van der Waals surface area contributed by atoms with Crippen LogP contribution < -0.4 is 10.9 Å². The van der Waals surface area contributed by atoms with Gasteiger partial charge in [-0.1, -0.05) is 48.5 Å². The highest BCUT2D eigenvalue weighted by Gasteiger charge is 2.20. The van der Waals surface area contributed by atoms with E-state index in [0.717, 1.165) is 31.5 Å². The van der Waals surface area contributed by atoms with E-state index in [1.165, 1.54) is 16.7 Å². The van der Waals surface area contributed by atoms with Crippen molar-refractivity contribution in [2.45, 2.75) is 18.9 Å². The van der Waals surface area contributed by atoms with Gasteiger partial charge < -0.3 is 4.90 Å². The molecule has 4 rings (SSSR count). The van der Waals surface area contributed by atoms with E-state index in [2.05, 4.69) is 53.3 Å². The van der Waals surface area contributed by atoms with Gasteiger partial charge in [-0.05, 0) is 41.7 Å². The van der Waals surface area contributed by atoms with Crippen molar-refractivity contribution in [3.63, 3.8) is 0 Å². The van der Waals surface area contributed by atoms with Crippen molar-refractivity contribution in [2.24, 2.45) is 0 Å². The molecule has 4 heteroatoms. The third-order valence-corrected chi connectivity index (χ3v) is 5.04. The van der Waals surface area contributed by atoms with Gasteiger partial charge in [0.25, 0.3) is 5.91 Å². The average molecular weight is 333 g/mol. The minimum Gasteiger partial charge on any atom is -0.335 e. The molecule has 0 aliphatic carbocycles. The summed E-state index contributed by atoms with van der Waals surface area (Å²) < 4.78 is 0. The minimum atomic E-state index is 0.118. The summed E-state index contributed by atoms with van der Waals surface area (Å²) in [4.78, 5) is 14.7. The summed E-state index contributed by atoms with van der Waals surface area (Å²) in [5, 5.41) is 0. The summed E-state index contributed by atoms with van der Waals surface area (Å²) in [6.07, 6.45) is 4.16. The Labute approximate surface area is 148 Å². The second-order valence-corrected chi connectivity index (χ2v) is 6.63. The van der Waals surface area contributed by atoms with Crippen molar-refractivity contribution in [3.05, 3.63) is 77.4 Å². The maximum Gasteiger partial charge on any atom is 0.254 e. The number of carbonyl (C=O) groups is 1. The van der Waals surface area contributed by atoms with E-state index in [-0.39, 0.29) is 5.91 Å². The maximum absolute atomic E-state index is 12.7. The number of amides is 1. The first-order valence-electron chi connectivity index (χ1n) is 8.93. The number of rotatable bonds is 3. The standard InChI is InChI=1S/C21H23N3O/c25-21(19-8-6-18(7-9-19)20-10-13-22-23-20)24-14-11-17(12-15-24)16-4-2-1-3-5-16/h1-9,11,20,22-23H,10,12-15H2. The quantitative estimate of drug-likeness (QED) is 0.907. The molecule has 0 radical (unpaired) electrons. The molecular formula is C21H23N3O. The molecule has 1 saturated heterocycles. The van der Waals surface area contributed by atoms with Crippen molar-refractivity contribution in [2.75, 3.05) is 19.6 Å². The molecule has 1 amide bonds. The van der Waals surface area contributed by atoms with Gasteiger partial charge >= 0.3 is 0 Å². The van der Waals surface area contributed by atoms with Crippen LogP contribution in [0.15, 0.2) is 60.7 Å². The summed E-state index contributed by atoms with van der Waals surface area (Å²) in [6.45, 7) is 2.43. The van der Waals surface area contributed by atoms with Crippen LogP contribution in [0, 0.1) is 0 Å². The first kappa shape index (κ1) is 16.1. The Hall–Kier alpha value is -2.43. The molecule has 0 bridgehead atoms. The molecule has 2 aromatic carbocycles. The number of hydrogen-bond acceptors (Lipinski definition) is 3. The van der Waals surface area contributed by atoms with E-state index in [4.69, 9.17) is 0 Å². The fourth-order valence-corrected chi connectivity index (χ4v) is 3.54. The molecule has 128 valence electrons. The van der Waals surface area contributed by atoms with E-state index in [9.17, 15) is 4.79 Å². The van der Waals surface area contributed by atoms with Crippen LogP contribution in [-0.4, -0.2) is 30.4 Å². The summed E-state index contributed by atoms with van der Waals surface area (Å²) >= 11 is 0. The Bertz CT molecular complexity index is 761. The molecule has 1 atom stereocenters. The zero-order chi connectivity index (χ0) is 17.1. The molecular weight excluding hydrogens is 310 g/mol. The van der Waals surface area contributed by atoms with E-state index in [0.29, 0.717) is 12.6 Å². The van der Waals surface area contributed by atoms with Gasteiger partial charge in [0.2, 0.25) is 0 Å². The molecule has 0 spiro atoms. The fraction of sp³-hybridized carbons (Fsp3) is 0.286. The van der Waals surface area contributed by atoms with Crippen LogP contribution in [-0.2, 0) is 0 Å². The average Bonchev–Trinajstić information content (AvgIpc) is 3.23. The third-order valence-electron chi connectivity index (χ3n) is 5.04. The molecule has 1 unspecified atom stereocenters. The SMILES string of the molecule is O=C(c1ccc(C2CCNN2)cc1)N1CC=C(c2ccccc2)CC1. The number of nitrogens with one attached hydrogen (secondary N) is 2. The Morgan fingerprint density at radius 1 is 1.04 bits per heavy atom. The zero-order valence-electron chi connectivity index (χ0n) is 14.2. The van der Waals surface area contributed by atoms with Gasteiger partial charge in [0.05, 0.1) is 0 Å². The fourth-order valence-electron chi connectivity index (χ4n) is 3.54. The first-order valence-corrected chi connectivity index (χ1v) is 8.93. The van der Waals surface area contributed by atoms with Gasteiger partial charge in [-0.15, -0.1) is 0 Å². The number of hydrogen-bond donors (Lipinski definition) is 2. The predicted molar refractivity (Wildman–Crippen MR) is 99.9 cm³/mol. The lowest BCUT2D eigenvalue weighted by molar-refractivity contribution is 0.0773. The Kier molecular flexibility index (Phi) is 4.63. The van der Waals surface area contributed by atoms with E-state index in [1.54, 1.807) is 0 Å². The highest BCUT2D eigenvalue weighted by molar-refractivity contribution is 5.94. The molecule has 0 saturated carbocycles. The van der Waals surface area contributed by atoms with E-state index in [1.807, 2.05) is 23.1 Å². The van der Waals surface area contributed by atoms with Crippen molar-refractivity contribution in [3.8, 4) is 0 Å². The Balaban J connectivity index is 1.42. The van der Waals surface area contributed by atoms with E-state index < -0.39 is 0 Å². The van der Waals surface area contributed by atoms with Crippen molar-refractivity contribution >= 4 is 11.5 Å². The van der Waals surface area contributed by atoms with Crippen LogP contribution in [0.25, 0.3) is 5.57 Å². The predicted octanol–water partition coefficient (Wildman–Crippen LogP) is 3.16. The smallest absolute Gasteiger partial charge is 0.254 e. The topological polar surface area (TPSA) is 44.4 Å². The van der Waals surface area contributed by atoms with Gasteiger partial charge in [0, 0.05) is 31.2 Å². The van der Waals surface area contributed by atoms with Crippen LogP contribution in [0.3, 0.4) is 0 Å². The Morgan fingerprint density at radius 2 is 1.84 bits per heavy atom. The van der Waals surface area contributed by atoms with Gasteiger partial charge in [0.1, 0.15) is 0 Å². The molecule has 1 fully saturated rings. The summed E-state index contributed by atoms with van der Waals surface area (Å²) in [5.41, 5.74) is 11.0. The minimum absolute atomic E-state index is 0.118. The van der Waals surface area contributed by atoms with Gasteiger partial charge in [0.15, 0.2) is 0 Å². The number of hydrazine groups is 1. The van der Waals surface area contributed by atoms with Crippen LogP contribution >= 0.6 is 0 Å². The van der Waals surface area contributed by atoms with Crippen LogP contribution in [0.4, 0.5) is 0 Å². The van der Waals surface area contributed by atoms with Gasteiger partial charge in [-0.2, -0.15) is 0 Å². The van der Waals surface area contributed by atoms with Crippen LogP contribution in [0.5, 0.6) is 0 Å². The molecule has 0 aromatic heterocycles. The van der Waals surface area contributed by atoms with Crippen molar-refractivity contribution < 1.29 is 4.79 Å². The van der Waals surface area contributed by atoms with Crippen molar-refractivity contribution in [1.29, 1.82) is 0 Å². The van der Waals surface area contributed by atoms with Crippen molar-refractivity contribution in [1.82, 2.24) is 15.8 Å². The highest BCUT2D eigenvalue weighted by atomic mass is 16.2. The molecule has 4 nitrogen and oxygen atoms in total. The lowest BCUT2D eigenvalue weighted by atomic mass is 9.99. The monoisotopic (exact) mass is 333 g/mol. The molecule has 2 aliphatic heterocycles. The molecule has 2 aromatic rings. The highest BCUT2D eigenvalue weighted by Crippen LogP contribution is 2.24. The maximum atomic E-state index is 12.7. The normalized spacial score (nSPS) is 20.4. The van der Waals surface area contributed by atoms with Gasteiger partial charge in [-0.3, -0.25) is 15.6 Å². The molecule has 2 heterocycles. The van der Waals surface area contributed by atoms with E-state index >= 15 is 0 Å². The first-order chi connectivity index (χ1) is 12.3. The summed E-state index contributed by atoms with van der Waals surface area (Å²) in [5.74, 6) is 0.118. The van der Waals surface area contributed by atoms with Gasteiger partial charge in [-0.25, -0.2) is 0 Å². The van der Waals surface area contributed by atoms with Crippen LogP contribution in [0.2, 0.25) is 0 Å². The molecule has 2 N–H and O–H groups in total. The molecule has 25 heavy (non-hydrogen) atoms. The lowest BCUT2D eigenvalue weighted by Crippen LogP contribution is -2.34. The molecule has 2 aliphatic rings. The summed E-state index contributed by atoms with van der Waals surface area (Å²) in [7, 11) is 0. The number of benzene rings is 2. The lowest BCUT2D eigenvalue weighted by Gasteiger charge is -2.27. The second-order valence-electron chi connectivity index (χ2n) is 6.63. The third kappa shape index (κ3) is 3.50. The second kappa shape index (κ2) is 7.21. The number of carbonyl (C=O) groups excluding carboxylic acids is 1. The zero-order valence-corrected chi connectivity index (χ0v) is 14.2. The largest absolute Gasteiger partial charge is 0.335 e.